The highest BCUT2D eigenvalue weighted by Crippen LogP contribution is 2.02. The molecule has 0 aliphatic carbocycles. The summed E-state index contributed by atoms with van der Waals surface area (Å²) in [6, 6.07) is 16.1. The Labute approximate surface area is 105 Å². The molecular weight excluding hydrogens is 273 g/mol. The van der Waals surface area contributed by atoms with Crippen LogP contribution < -0.4 is 4.57 Å². The minimum Gasteiger partial charge on any atom is -0.184 e. The molecule has 1 aromatic carbocycles. The van der Waals surface area contributed by atoms with E-state index in [-0.39, 0.29) is 17.0 Å². The van der Waals surface area contributed by atoms with Crippen molar-refractivity contribution < 1.29 is 4.57 Å². The van der Waals surface area contributed by atoms with Crippen molar-refractivity contribution >= 4 is 28.6 Å². The first-order chi connectivity index (χ1) is 6.86. The normalized spacial score (nSPS) is 9.40. The zero-order chi connectivity index (χ0) is 9.80. The van der Waals surface area contributed by atoms with Gasteiger partial charge in [-0.2, -0.15) is 4.57 Å². The van der Waals surface area contributed by atoms with Gasteiger partial charge >= 0.3 is 0 Å². The molecule has 0 amide bonds. The van der Waals surface area contributed by atoms with Crippen LogP contribution in [0.25, 0.3) is 0 Å². The number of halogens is 2. The highest BCUT2D eigenvalue weighted by atomic mass is 79.9. The second-order valence-corrected chi connectivity index (χ2v) is 3.52. The van der Waals surface area contributed by atoms with Gasteiger partial charge in [0.1, 0.15) is 0 Å². The molecule has 0 radical (unpaired) electrons. The quantitative estimate of drug-likeness (QED) is 0.589. The van der Waals surface area contributed by atoms with E-state index in [1.807, 2.05) is 47.2 Å². The van der Waals surface area contributed by atoms with Gasteiger partial charge in [0.2, 0.25) is 0 Å². The fourth-order valence-electron chi connectivity index (χ4n) is 1.36. The summed E-state index contributed by atoms with van der Waals surface area (Å²) >= 11 is 6.04. The van der Waals surface area contributed by atoms with E-state index in [1.165, 1.54) is 5.56 Å². The Morgan fingerprint density at radius 3 is 2.27 bits per heavy atom. The molecule has 3 heteroatoms. The molecule has 1 heterocycles. The lowest BCUT2D eigenvalue weighted by Gasteiger charge is -1.98. The van der Waals surface area contributed by atoms with Crippen molar-refractivity contribution in [3.63, 3.8) is 0 Å². The van der Waals surface area contributed by atoms with Crippen molar-refractivity contribution in [1.29, 1.82) is 0 Å². The van der Waals surface area contributed by atoms with Gasteiger partial charge in [-0.3, -0.25) is 0 Å². The zero-order valence-corrected chi connectivity index (χ0v) is 10.6. The minimum atomic E-state index is 0. The summed E-state index contributed by atoms with van der Waals surface area (Å²) in [6.45, 7) is 0.820. The van der Waals surface area contributed by atoms with Crippen molar-refractivity contribution in [3.05, 3.63) is 65.4 Å². The summed E-state index contributed by atoms with van der Waals surface area (Å²) in [5.41, 5.74) is 1.26. The molecule has 0 saturated heterocycles. The third-order valence-electron chi connectivity index (χ3n) is 2.08. The Bertz CT molecular complexity index is 417. The largest absolute Gasteiger partial charge is 0.275 e. The third-order valence-corrected chi connectivity index (χ3v) is 2.42. The van der Waals surface area contributed by atoms with Gasteiger partial charge in [-0.15, -0.1) is 17.0 Å². The number of pyridine rings is 1. The smallest absolute Gasteiger partial charge is 0.184 e. The van der Waals surface area contributed by atoms with Gasteiger partial charge < -0.3 is 0 Å². The molecule has 1 aromatic heterocycles. The van der Waals surface area contributed by atoms with Crippen molar-refractivity contribution in [2.75, 3.05) is 0 Å². The predicted octanol–water partition coefficient (Wildman–Crippen LogP) is 3.25. The van der Waals surface area contributed by atoms with E-state index in [0.717, 1.165) is 11.7 Å². The average molecular weight is 286 g/mol. The molecule has 0 atom stereocenters. The monoisotopic (exact) mass is 284 g/mol. The van der Waals surface area contributed by atoms with Crippen LogP contribution in [0.4, 0.5) is 0 Å². The average Bonchev–Trinajstić information content (AvgIpc) is 2.23. The summed E-state index contributed by atoms with van der Waals surface area (Å²) in [6.07, 6.45) is 1.98. The lowest BCUT2D eigenvalue weighted by atomic mass is 10.2. The van der Waals surface area contributed by atoms with Crippen LogP contribution >= 0.6 is 28.6 Å². The second-order valence-electron chi connectivity index (χ2n) is 3.14. The molecule has 0 aliphatic rings. The molecule has 0 fully saturated rings. The Morgan fingerprint density at radius 2 is 1.60 bits per heavy atom. The molecule has 2 rings (SSSR count). The van der Waals surface area contributed by atoms with Crippen LogP contribution in [0.2, 0.25) is 5.15 Å². The van der Waals surface area contributed by atoms with Gasteiger partial charge in [0.25, 0.3) is 5.15 Å². The summed E-state index contributed by atoms with van der Waals surface area (Å²) < 4.78 is 2.01. The van der Waals surface area contributed by atoms with Crippen LogP contribution in [0.1, 0.15) is 5.56 Å². The van der Waals surface area contributed by atoms with E-state index in [2.05, 4.69) is 12.1 Å². The molecule has 2 aromatic rings. The lowest BCUT2D eigenvalue weighted by Crippen LogP contribution is -2.34. The Balaban J connectivity index is 0.00000112. The number of aromatic nitrogens is 1. The summed E-state index contributed by atoms with van der Waals surface area (Å²) in [4.78, 5) is 0. The van der Waals surface area contributed by atoms with E-state index in [4.69, 9.17) is 11.6 Å². The van der Waals surface area contributed by atoms with Crippen LogP contribution in [-0.2, 0) is 6.54 Å². The first-order valence-electron chi connectivity index (χ1n) is 4.54. The maximum Gasteiger partial charge on any atom is 0.275 e. The van der Waals surface area contributed by atoms with E-state index in [0.29, 0.717) is 0 Å². The number of nitrogens with zero attached hydrogens (tertiary/aromatic N) is 1. The van der Waals surface area contributed by atoms with Crippen molar-refractivity contribution in [2.45, 2.75) is 6.54 Å². The number of rotatable bonds is 2. The Kier molecular flexibility index (Phi) is 4.79. The van der Waals surface area contributed by atoms with Crippen LogP contribution in [0, 0.1) is 0 Å². The lowest BCUT2D eigenvalue weighted by molar-refractivity contribution is -0.686. The third kappa shape index (κ3) is 3.33. The predicted molar refractivity (Wildman–Crippen MR) is 67.5 cm³/mol. The van der Waals surface area contributed by atoms with Gasteiger partial charge in [0, 0.05) is 17.7 Å². The highest BCUT2D eigenvalue weighted by Gasteiger charge is 2.06. The zero-order valence-electron chi connectivity index (χ0n) is 8.14. The summed E-state index contributed by atoms with van der Waals surface area (Å²) in [7, 11) is 0. The summed E-state index contributed by atoms with van der Waals surface area (Å²) in [5.74, 6) is 0. The first kappa shape index (κ1) is 12.2. The van der Waals surface area contributed by atoms with Gasteiger partial charge in [-0.25, -0.2) is 0 Å². The van der Waals surface area contributed by atoms with Gasteiger partial charge in [-0.1, -0.05) is 30.3 Å². The van der Waals surface area contributed by atoms with Crippen LogP contribution in [-0.4, -0.2) is 0 Å². The standard InChI is InChI=1S/C12H11ClN.BrH/c13-12-8-4-5-9-14(12)10-11-6-2-1-3-7-11;/h1-9H,10H2;1H/q+1;. The molecule has 0 aliphatic heterocycles. The minimum absolute atomic E-state index is 0. The number of benzene rings is 1. The highest BCUT2D eigenvalue weighted by molar-refractivity contribution is 8.93. The molecule has 0 bridgehead atoms. The van der Waals surface area contributed by atoms with E-state index >= 15 is 0 Å². The Hall–Kier alpha value is -0.860. The van der Waals surface area contributed by atoms with Crippen LogP contribution in [0.3, 0.4) is 0 Å². The topological polar surface area (TPSA) is 3.88 Å². The molecule has 0 unspecified atom stereocenters. The van der Waals surface area contributed by atoms with E-state index in [9.17, 15) is 0 Å². The molecule has 0 spiro atoms. The van der Waals surface area contributed by atoms with E-state index < -0.39 is 0 Å². The van der Waals surface area contributed by atoms with Gasteiger partial charge in [-0.05, 0) is 17.7 Å². The van der Waals surface area contributed by atoms with Crippen molar-refractivity contribution in [3.8, 4) is 0 Å². The molecule has 1 nitrogen and oxygen atoms in total. The second kappa shape index (κ2) is 5.89. The molecular formula is C12H12BrClN+. The number of hydrogen-bond acceptors (Lipinski definition) is 0. The SMILES string of the molecule is Br.Clc1cccc[n+]1Cc1ccccc1. The van der Waals surface area contributed by atoms with E-state index in [1.54, 1.807) is 0 Å². The first-order valence-corrected chi connectivity index (χ1v) is 4.92. The molecule has 0 N–H and O–H groups in total. The van der Waals surface area contributed by atoms with Crippen molar-refractivity contribution in [1.82, 2.24) is 0 Å². The van der Waals surface area contributed by atoms with Crippen LogP contribution in [0.5, 0.6) is 0 Å². The fourth-order valence-corrected chi connectivity index (χ4v) is 1.55. The summed E-state index contributed by atoms with van der Waals surface area (Å²) in [5, 5.41) is 0.761. The number of hydrogen-bond donors (Lipinski definition) is 0. The maximum absolute atomic E-state index is 6.04. The molecule has 78 valence electrons. The van der Waals surface area contributed by atoms with Gasteiger partial charge in [0.05, 0.1) is 0 Å². The Morgan fingerprint density at radius 1 is 0.933 bits per heavy atom. The van der Waals surface area contributed by atoms with Gasteiger partial charge in [0.15, 0.2) is 12.7 Å². The van der Waals surface area contributed by atoms with Crippen molar-refractivity contribution in [2.24, 2.45) is 0 Å². The maximum atomic E-state index is 6.04. The molecule has 15 heavy (non-hydrogen) atoms. The van der Waals surface area contributed by atoms with Crippen LogP contribution in [0.15, 0.2) is 54.7 Å². The molecule has 0 saturated carbocycles. The fraction of sp³-hybridized carbons (Fsp3) is 0.0833.